The van der Waals surface area contributed by atoms with E-state index in [0.29, 0.717) is 5.56 Å². The van der Waals surface area contributed by atoms with Crippen LogP contribution in [0.4, 0.5) is 8.78 Å². The predicted molar refractivity (Wildman–Crippen MR) is 77.7 cm³/mol. The number of hydrogen-bond acceptors (Lipinski definition) is 3. The summed E-state index contributed by atoms with van der Waals surface area (Å²) in [5.41, 5.74) is 3.79. The van der Waals surface area contributed by atoms with Crippen molar-refractivity contribution in [2.24, 2.45) is 5.84 Å². The molecule has 0 bridgehead atoms. The molecule has 0 aliphatic carbocycles. The van der Waals surface area contributed by atoms with Gasteiger partial charge in [-0.2, -0.15) is 0 Å². The second-order valence-corrected chi connectivity index (χ2v) is 5.04. The van der Waals surface area contributed by atoms with Crippen LogP contribution < -0.4 is 16.0 Å². The Morgan fingerprint density at radius 1 is 0.952 bits per heavy atom. The molecular weight excluding hydrogens is 274 g/mol. The van der Waals surface area contributed by atoms with Gasteiger partial charge in [-0.15, -0.1) is 0 Å². The van der Waals surface area contributed by atoms with Crippen LogP contribution in [-0.2, 0) is 0 Å². The number of hydrogen-bond donors (Lipinski definition) is 2. The van der Waals surface area contributed by atoms with Gasteiger partial charge >= 0.3 is 0 Å². The van der Waals surface area contributed by atoms with Crippen molar-refractivity contribution in [3.8, 4) is 5.75 Å². The van der Waals surface area contributed by atoms with Gasteiger partial charge in [0.05, 0.1) is 12.1 Å². The van der Waals surface area contributed by atoms with Crippen LogP contribution in [0.1, 0.15) is 31.0 Å². The minimum Gasteiger partial charge on any atom is -0.491 e. The van der Waals surface area contributed by atoms with Gasteiger partial charge in [-0.05, 0) is 49.2 Å². The topological polar surface area (TPSA) is 47.3 Å². The molecule has 21 heavy (non-hydrogen) atoms. The van der Waals surface area contributed by atoms with Crippen molar-refractivity contribution in [3.63, 3.8) is 0 Å². The van der Waals surface area contributed by atoms with Crippen molar-refractivity contribution >= 4 is 0 Å². The molecule has 2 aromatic rings. The average molecular weight is 292 g/mol. The monoisotopic (exact) mass is 292 g/mol. The summed E-state index contributed by atoms with van der Waals surface area (Å²) >= 11 is 0. The van der Waals surface area contributed by atoms with E-state index in [1.165, 1.54) is 12.1 Å². The standard InChI is InChI=1S/C16H18F2N2O/c1-10(2)21-15-5-3-11(4-6-15)16(20-19)12-7-13(17)9-14(18)8-12/h3-10,16,20H,19H2,1-2H3. The van der Waals surface area contributed by atoms with Crippen LogP contribution in [0, 0.1) is 11.6 Å². The van der Waals surface area contributed by atoms with E-state index >= 15 is 0 Å². The first-order valence-corrected chi connectivity index (χ1v) is 6.68. The zero-order valence-corrected chi connectivity index (χ0v) is 11.9. The highest BCUT2D eigenvalue weighted by Crippen LogP contribution is 2.25. The Bertz CT molecular complexity index is 579. The van der Waals surface area contributed by atoms with Crippen molar-refractivity contribution in [2.75, 3.05) is 0 Å². The Morgan fingerprint density at radius 2 is 1.52 bits per heavy atom. The van der Waals surface area contributed by atoms with Crippen LogP contribution in [0.3, 0.4) is 0 Å². The molecule has 0 radical (unpaired) electrons. The molecule has 0 fully saturated rings. The highest BCUT2D eigenvalue weighted by atomic mass is 19.1. The molecular formula is C16H18F2N2O. The van der Waals surface area contributed by atoms with Gasteiger partial charge in [-0.25, -0.2) is 14.2 Å². The van der Waals surface area contributed by atoms with E-state index < -0.39 is 17.7 Å². The molecule has 0 heterocycles. The van der Waals surface area contributed by atoms with E-state index in [1.54, 1.807) is 12.1 Å². The summed E-state index contributed by atoms with van der Waals surface area (Å²) in [5.74, 6) is 4.99. The maximum absolute atomic E-state index is 13.3. The first-order chi connectivity index (χ1) is 9.99. The number of hydrazine groups is 1. The van der Waals surface area contributed by atoms with E-state index in [4.69, 9.17) is 10.6 Å². The number of nitrogens with one attached hydrogen (secondary N) is 1. The second kappa shape index (κ2) is 6.65. The maximum atomic E-state index is 13.3. The van der Waals surface area contributed by atoms with Gasteiger partial charge in [-0.1, -0.05) is 12.1 Å². The van der Waals surface area contributed by atoms with Crippen molar-refractivity contribution in [3.05, 3.63) is 65.2 Å². The van der Waals surface area contributed by atoms with Crippen LogP contribution >= 0.6 is 0 Å². The zero-order valence-electron chi connectivity index (χ0n) is 11.9. The summed E-state index contributed by atoms with van der Waals surface area (Å²) in [6, 6.07) is 10.1. The van der Waals surface area contributed by atoms with Crippen LogP contribution in [0.5, 0.6) is 5.75 Å². The molecule has 5 heteroatoms. The van der Waals surface area contributed by atoms with E-state index in [-0.39, 0.29) is 6.10 Å². The Balaban J connectivity index is 2.28. The lowest BCUT2D eigenvalue weighted by atomic mass is 9.99. The summed E-state index contributed by atoms with van der Waals surface area (Å²) < 4.78 is 32.2. The predicted octanol–water partition coefficient (Wildman–Crippen LogP) is 3.30. The number of benzene rings is 2. The van der Waals surface area contributed by atoms with E-state index in [0.717, 1.165) is 17.4 Å². The highest BCUT2D eigenvalue weighted by Gasteiger charge is 2.14. The van der Waals surface area contributed by atoms with Crippen molar-refractivity contribution in [1.82, 2.24) is 5.43 Å². The summed E-state index contributed by atoms with van der Waals surface area (Å²) in [5, 5.41) is 0. The van der Waals surface area contributed by atoms with Gasteiger partial charge in [0.1, 0.15) is 17.4 Å². The molecule has 1 unspecified atom stereocenters. The molecule has 0 saturated heterocycles. The van der Waals surface area contributed by atoms with Crippen LogP contribution in [0.15, 0.2) is 42.5 Å². The average Bonchev–Trinajstić information content (AvgIpc) is 2.40. The SMILES string of the molecule is CC(C)Oc1ccc(C(NN)c2cc(F)cc(F)c2)cc1. The molecule has 112 valence electrons. The van der Waals surface area contributed by atoms with Crippen molar-refractivity contribution in [1.29, 1.82) is 0 Å². The lowest BCUT2D eigenvalue weighted by Crippen LogP contribution is -2.29. The molecule has 3 N–H and O–H groups in total. The number of nitrogens with two attached hydrogens (primary N) is 1. The number of ether oxygens (including phenoxy) is 1. The van der Waals surface area contributed by atoms with Gasteiger partial charge in [-0.3, -0.25) is 5.84 Å². The second-order valence-electron chi connectivity index (χ2n) is 5.04. The Kier molecular flexibility index (Phi) is 4.88. The normalized spacial score (nSPS) is 12.5. The van der Waals surface area contributed by atoms with Crippen LogP contribution in [0.2, 0.25) is 0 Å². The first-order valence-electron chi connectivity index (χ1n) is 6.68. The van der Waals surface area contributed by atoms with E-state index in [9.17, 15) is 8.78 Å². The number of halogens is 2. The van der Waals surface area contributed by atoms with Crippen LogP contribution in [-0.4, -0.2) is 6.10 Å². The molecule has 2 aromatic carbocycles. The van der Waals surface area contributed by atoms with Gasteiger partial charge in [0.25, 0.3) is 0 Å². The molecule has 3 nitrogen and oxygen atoms in total. The Labute approximate surface area is 122 Å². The fraction of sp³-hybridized carbons (Fsp3) is 0.250. The minimum absolute atomic E-state index is 0.0802. The third-order valence-corrected chi connectivity index (χ3v) is 2.97. The molecule has 2 rings (SSSR count). The zero-order chi connectivity index (χ0) is 15.4. The molecule has 0 aliphatic heterocycles. The molecule has 0 aromatic heterocycles. The van der Waals surface area contributed by atoms with Crippen molar-refractivity contribution in [2.45, 2.75) is 26.0 Å². The summed E-state index contributed by atoms with van der Waals surface area (Å²) in [4.78, 5) is 0. The Hall–Kier alpha value is -1.98. The third-order valence-electron chi connectivity index (χ3n) is 2.97. The van der Waals surface area contributed by atoms with E-state index in [1.807, 2.05) is 26.0 Å². The lowest BCUT2D eigenvalue weighted by Gasteiger charge is -2.18. The summed E-state index contributed by atoms with van der Waals surface area (Å²) in [6.07, 6.45) is 0.0802. The molecule has 0 aliphatic rings. The molecule has 0 spiro atoms. The third kappa shape index (κ3) is 4.00. The Morgan fingerprint density at radius 3 is 2.00 bits per heavy atom. The van der Waals surface area contributed by atoms with Crippen molar-refractivity contribution < 1.29 is 13.5 Å². The summed E-state index contributed by atoms with van der Waals surface area (Å²) in [6.45, 7) is 3.88. The van der Waals surface area contributed by atoms with Gasteiger partial charge < -0.3 is 4.74 Å². The molecule has 1 atom stereocenters. The van der Waals surface area contributed by atoms with E-state index in [2.05, 4.69) is 5.43 Å². The highest BCUT2D eigenvalue weighted by molar-refractivity contribution is 5.35. The first kappa shape index (κ1) is 15.4. The maximum Gasteiger partial charge on any atom is 0.126 e. The fourth-order valence-corrected chi connectivity index (χ4v) is 2.14. The van der Waals surface area contributed by atoms with Gasteiger partial charge in [0, 0.05) is 6.07 Å². The number of rotatable bonds is 5. The van der Waals surface area contributed by atoms with Crippen LogP contribution in [0.25, 0.3) is 0 Å². The summed E-state index contributed by atoms with van der Waals surface area (Å²) in [7, 11) is 0. The molecule has 0 saturated carbocycles. The van der Waals surface area contributed by atoms with Gasteiger partial charge in [0.2, 0.25) is 0 Å². The quantitative estimate of drug-likeness (QED) is 0.656. The van der Waals surface area contributed by atoms with Gasteiger partial charge in [0.15, 0.2) is 0 Å². The fourth-order valence-electron chi connectivity index (χ4n) is 2.14. The largest absolute Gasteiger partial charge is 0.491 e. The minimum atomic E-state index is -0.634. The smallest absolute Gasteiger partial charge is 0.126 e. The molecule has 0 amide bonds. The lowest BCUT2D eigenvalue weighted by molar-refractivity contribution is 0.242.